The van der Waals surface area contributed by atoms with Crippen LogP contribution in [0.4, 0.5) is 11.4 Å². The monoisotopic (exact) mass is 1920 g/mol. The average molecular weight is 1920 g/mol. The molecule has 696 valence electrons. The van der Waals surface area contributed by atoms with Gasteiger partial charge in [-0.1, -0.05) is 243 Å². The van der Waals surface area contributed by atoms with Crippen LogP contribution in [0, 0.1) is 13.1 Å². The van der Waals surface area contributed by atoms with E-state index in [4.69, 9.17) is 54.6 Å². The van der Waals surface area contributed by atoms with E-state index in [-0.39, 0.29) is 0 Å². The second-order valence-electron chi connectivity index (χ2n) is 38.1. The highest BCUT2D eigenvalue weighted by Gasteiger charge is 2.29. The number of pyridine rings is 5. The zero-order valence-corrected chi connectivity index (χ0v) is 79.8. The first-order chi connectivity index (χ1) is 74.2. The lowest BCUT2D eigenvalue weighted by Crippen LogP contribution is -1.93. The molecule has 13 heterocycles. The molecule has 0 unspecified atom stereocenters. The fourth-order valence-electron chi connectivity index (χ4n) is 22.7. The van der Waals surface area contributed by atoms with Crippen LogP contribution in [0.25, 0.3) is 318 Å². The first kappa shape index (κ1) is 84.7. The summed E-state index contributed by atoms with van der Waals surface area (Å²) in [6, 6.07) is 148. The number of para-hydroxylation sites is 8. The molecule has 0 atom stereocenters. The maximum absolute atomic E-state index is 7.70. The molecule has 0 aliphatic rings. The Balaban J connectivity index is 0.000000103. The molecule has 0 bridgehead atoms. The number of rotatable bonds is 10. The largest absolute Gasteiger partial charge is 0.455 e. The van der Waals surface area contributed by atoms with Crippen molar-refractivity contribution in [3.05, 3.63) is 478 Å². The Morgan fingerprint density at radius 3 is 0.847 bits per heavy atom. The van der Waals surface area contributed by atoms with Crippen molar-refractivity contribution in [2.45, 2.75) is 0 Å². The minimum atomic E-state index is 0.624. The van der Waals surface area contributed by atoms with Crippen LogP contribution in [0.1, 0.15) is 0 Å². The van der Waals surface area contributed by atoms with Crippen molar-refractivity contribution in [3.63, 3.8) is 0 Å². The van der Waals surface area contributed by atoms with Crippen molar-refractivity contribution < 1.29 is 26.5 Å². The third-order valence-corrected chi connectivity index (χ3v) is 29.6. The highest BCUT2D eigenvalue weighted by molar-refractivity contribution is 6.29. The number of benzene rings is 19. The summed E-state index contributed by atoms with van der Waals surface area (Å²) < 4.78 is 43.7. The molecular formula is C135H75N9O6. The predicted octanol–water partition coefficient (Wildman–Crippen LogP) is 37.5. The van der Waals surface area contributed by atoms with E-state index < -0.39 is 0 Å². The van der Waals surface area contributed by atoms with Gasteiger partial charge in [-0.3, -0.25) is 9.97 Å². The summed E-state index contributed by atoms with van der Waals surface area (Å²) in [6.45, 7) is 15.4. The molecule has 0 aliphatic carbocycles. The van der Waals surface area contributed by atoms with E-state index in [0.717, 1.165) is 309 Å². The van der Waals surface area contributed by atoms with E-state index in [9.17, 15) is 0 Å². The molecular weight excluding hydrogens is 1840 g/mol. The fourth-order valence-corrected chi connectivity index (χ4v) is 22.7. The van der Waals surface area contributed by atoms with Gasteiger partial charge in [0.25, 0.3) is 0 Å². The molecule has 0 aliphatic heterocycles. The zero-order chi connectivity index (χ0) is 98.9. The summed E-state index contributed by atoms with van der Waals surface area (Å²) in [7, 11) is 0. The van der Waals surface area contributed by atoms with Gasteiger partial charge in [-0.25, -0.2) is 24.6 Å². The van der Waals surface area contributed by atoms with Crippen LogP contribution < -0.4 is 0 Å². The molecule has 0 N–H and O–H groups in total. The standard InChI is InChI=1S/2C46H25N3O2.C43H25N3O2/c1-47-30-19-23-39-37(26-30)36-25-28(18-22-38(36)49(39)31-12-3-2-4-13-31)27-10-9-11-29(24-27)43-42-34-15-6-8-17-41(34)50-45(42)35-21-20-33-32-14-5-7-16-40(32)51-46(33)44(35)48-43;1-47-30-20-24-39-37(26-30)36-25-29(19-23-38(36)49(39)31-9-3-2-4-10-31)27-15-17-28(18-16-27)43-42-34-12-6-8-14-41(34)50-45(42)35-22-21-33-32-11-5-7-13-40(32)51-46(33)44(35)48-43;1-3-14-37-33(12-1)34-16-17-36-41(43(34)48-37)46-40(39-35-13-2-4-15-38(35)47-42(36)39)27-9-5-8-26(20-27)30-21-31(28-10-6-18-44-24-28)23-32(22-30)29-11-7-19-45-25-29/h2*2-26H;1-25H. The van der Waals surface area contributed by atoms with Crippen LogP contribution in [0.15, 0.2) is 482 Å². The van der Waals surface area contributed by atoms with Gasteiger partial charge < -0.3 is 35.6 Å². The molecule has 150 heavy (non-hydrogen) atoms. The Morgan fingerprint density at radius 1 is 0.187 bits per heavy atom. The molecule has 0 radical (unpaired) electrons. The Bertz CT molecular complexity index is 11300. The van der Waals surface area contributed by atoms with Crippen LogP contribution in [-0.4, -0.2) is 34.1 Å². The van der Waals surface area contributed by atoms with E-state index in [2.05, 4.69) is 302 Å². The van der Waals surface area contributed by atoms with Gasteiger partial charge in [0.15, 0.2) is 28.1 Å². The molecule has 0 spiro atoms. The molecule has 0 saturated heterocycles. The first-order valence-electron chi connectivity index (χ1n) is 49.7. The molecule has 0 fully saturated rings. The highest BCUT2D eigenvalue weighted by Crippen LogP contribution is 2.51. The van der Waals surface area contributed by atoms with E-state index in [1.165, 1.54) is 0 Å². The summed E-state index contributed by atoms with van der Waals surface area (Å²) in [4.78, 5) is 32.5. The van der Waals surface area contributed by atoms with E-state index in [1.54, 1.807) is 12.4 Å². The van der Waals surface area contributed by atoms with Crippen LogP contribution in [0.5, 0.6) is 0 Å². The summed E-state index contributed by atoms with van der Waals surface area (Å²) >= 11 is 0. The molecule has 32 rings (SSSR count). The number of fused-ring (bicyclic) bond motifs is 33. The van der Waals surface area contributed by atoms with Crippen LogP contribution in [-0.2, 0) is 0 Å². The average Bonchev–Trinajstić information content (AvgIpc) is 1.56. The lowest BCUT2D eigenvalue weighted by atomic mass is 9.93. The number of furan rings is 6. The Kier molecular flexibility index (Phi) is 19.1. The maximum atomic E-state index is 7.70. The van der Waals surface area contributed by atoms with Crippen molar-refractivity contribution >= 4 is 219 Å². The van der Waals surface area contributed by atoms with Gasteiger partial charge >= 0.3 is 0 Å². The second-order valence-corrected chi connectivity index (χ2v) is 38.1. The maximum Gasteiger partial charge on any atom is 0.188 e. The van der Waals surface area contributed by atoms with Crippen molar-refractivity contribution in [3.8, 4) is 101 Å². The van der Waals surface area contributed by atoms with Crippen LogP contribution in [0.3, 0.4) is 0 Å². The van der Waals surface area contributed by atoms with Gasteiger partial charge in [0.2, 0.25) is 0 Å². The Labute approximate surface area is 853 Å². The van der Waals surface area contributed by atoms with E-state index in [0.29, 0.717) is 11.4 Å². The number of nitrogens with zero attached hydrogens (tertiary/aromatic N) is 9. The second kappa shape index (κ2) is 33.9. The van der Waals surface area contributed by atoms with Crippen molar-refractivity contribution in [1.29, 1.82) is 0 Å². The Hall–Kier alpha value is -20.9. The summed E-state index contributed by atoms with van der Waals surface area (Å²) in [5.74, 6) is 0. The van der Waals surface area contributed by atoms with Crippen LogP contribution >= 0.6 is 0 Å². The predicted molar refractivity (Wildman–Crippen MR) is 609 cm³/mol. The van der Waals surface area contributed by atoms with E-state index in [1.807, 2.05) is 170 Å². The topological polar surface area (TPSA) is 162 Å². The van der Waals surface area contributed by atoms with Gasteiger partial charge in [0.05, 0.1) is 68.5 Å². The molecule has 15 nitrogen and oxygen atoms in total. The smallest absolute Gasteiger partial charge is 0.188 e. The van der Waals surface area contributed by atoms with Gasteiger partial charge in [-0.2, -0.15) is 0 Å². The first-order valence-corrected chi connectivity index (χ1v) is 49.7. The third-order valence-electron chi connectivity index (χ3n) is 29.6. The molecule has 32 aromatic rings. The number of aromatic nitrogens is 7. The van der Waals surface area contributed by atoms with Crippen molar-refractivity contribution in [2.75, 3.05) is 0 Å². The number of hydrogen-bond acceptors (Lipinski definition) is 11. The Morgan fingerprint density at radius 2 is 0.467 bits per heavy atom. The van der Waals surface area contributed by atoms with Gasteiger partial charge in [-0.05, 0) is 243 Å². The van der Waals surface area contributed by atoms with Gasteiger partial charge in [0.1, 0.15) is 66.8 Å². The molecule has 0 amide bonds. The summed E-state index contributed by atoms with van der Waals surface area (Å²) in [6.07, 6.45) is 7.41. The summed E-state index contributed by atoms with van der Waals surface area (Å²) in [5.41, 5.74) is 36.1. The van der Waals surface area contributed by atoms with Gasteiger partial charge in [0, 0.05) is 139 Å². The van der Waals surface area contributed by atoms with E-state index >= 15 is 0 Å². The zero-order valence-electron chi connectivity index (χ0n) is 79.8. The lowest BCUT2D eigenvalue weighted by molar-refractivity contribution is 0.668. The SMILES string of the molecule is [C-]#[N+]c1ccc2c(c1)c1cc(-c3ccc(-c4nc5c(ccc6c7ccccc7oc65)c5oc6ccccc6c45)cc3)ccc1n2-c1ccccc1.[C-]#[N+]c1ccc2c(c1)c1cc(-c3cccc(-c4nc5c(ccc6c7ccccc7oc65)c5oc6ccccc6c45)c3)ccc1n2-c1ccccc1.c1cncc(-c2cc(-c3cccnc3)cc(-c3cccc(-c4nc5c(ccc6c7ccccc7oc65)c5oc6ccccc6c45)c3)c2)c1. The minimum Gasteiger partial charge on any atom is -0.455 e. The quantitative estimate of drug-likeness (QED) is 0.120. The molecule has 0 saturated carbocycles. The number of hydrogen-bond donors (Lipinski definition) is 0. The highest BCUT2D eigenvalue weighted by atomic mass is 16.4. The van der Waals surface area contributed by atoms with Crippen LogP contribution in [0.2, 0.25) is 0 Å². The summed E-state index contributed by atoms with van der Waals surface area (Å²) in [5, 5.41) is 19.5. The normalized spacial score (nSPS) is 11.9. The van der Waals surface area contributed by atoms with Crippen molar-refractivity contribution in [1.82, 2.24) is 34.1 Å². The third kappa shape index (κ3) is 13.6. The minimum absolute atomic E-state index is 0.624. The molecule has 19 aromatic carbocycles. The lowest BCUT2D eigenvalue weighted by Gasteiger charge is -2.12. The van der Waals surface area contributed by atoms with Gasteiger partial charge in [-0.15, -0.1) is 0 Å². The fraction of sp³-hybridized carbons (Fsp3) is 0. The van der Waals surface area contributed by atoms with Crippen molar-refractivity contribution in [2.24, 2.45) is 0 Å². The molecule has 13 aromatic heterocycles. The molecule has 15 heteroatoms.